The molecule has 9 saturated heterocycles. The molecule has 0 amide bonds. The SMILES string of the molecule is Nc1nc2c(ncn2[C@@H]2O[C@@H]3COP(=S)([S-])OC4[C@@H](COP(O)(=S)O[C@@H]3C2O)O[C@@H](n2cnc3c(=O)[nH]c(N)nc32)[C@H]4O)c(=O)[nH]1.Nc1nc2c(ncn2[C@@H]2O[C@@H]3COP([O-])(=S)OC4[C@@H](COP(=O)(O)O[C@@H]3C2O)O[C@@H](n2cnc3c(=O)[nH]c(N)nc32)[C@H]4O)c(=O)[nH]1.Nc1nc2c(ncn2[C@@H]2O[C@@H]3COP([O-])(=S)OC4[C@@H](COP(=O)(S)O[C@@H]3C2O)O[C@@H](n2cnc3c(=O)[nH]c(N)nc32)[C@H]4O)c(=O)[nH]1. The minimum absolute atomic E-state index is 0.00149. The molecule has 9 fully saturated rings. The molecule has 66 nitrogen and oxygen atoms in total. The molecular formula is C60H69N30O36P6S6-3. The van der Waals surface area contributed by atoms with Gasteiger partial charge in [0.1, 0.15) is 123 Å². The Balaban J connectivity index is 0.000000132. The molecule has 0 bridgehead atoms. The van der Waals surface area contributed by atoms with Gasteiger partial charge in [-0.1, -0.05) is 47.7 Å². The number of thiol groups is 1. The van der Waals surface area contributed by atoms with Gasteiger partial charge in [-0.2, -0.15) is 29.9 Å². The molecule has 30 atom stereocenters. The molecule has 9 aliphatic rings. The number of aromatic amines is 6. The Morgan fingerprint density at radius 1 is 0.341 bits per heavy atom. The van der Waals surface area contributed by atoms with Crippen molar-refractivity contribution in [2.75, 3.05) is 74.0 Å². The normalized spacial score (nSPS) is 37.1. The topological polar surface area (TPSA) is 946 Å². The third-order valence-corrected chi connectivity index (χ3v) is 31.5. The lowest BCUT2D eigenvalue weighted by molar-refractivity contribution is -0.219. The van der Waals surface area contributed by atoms with Gasteiger partial charge in [0.2, 0.25) is 35.7 Å². The minimum Gasteiger partial charge on any atom is -0.780 e. The molecule has 78 heteroatoms. The van der Waals surface area contributed by atoms with Gasteiger partial charge in [-0.05, 0) is 11.8 Å². The number of phosphoric ester groups is 1. The number of nitrogen functional groups attached to an aromatic ring is 6. The molecule has 744 valence electrons. The van der Waals surface area contributed by atoms with Crippen LogP contribution in [0.1, 0.15) is 37.4 Å². The third kappa shape index (κ3) is 19.0. The summed E-state index contributed by atoms with van der Waals surface area (Å²) in [5, 5.41) is 67.4. The van der Waals surface area contributed by atoms with Crippen molar-refractivity contribution < 1.29 is 142 Å². The van der Waals surface area contributed by atoms with Crippen LogP contribution in [0.3, 0.4) is 0 Å². The monoisotopic (exact) mass is 2160 g/mol. The number of nitrogens with one attached hydrogen (secondary N) is 6. The van der Waals surface area contributed by atoms with Gasteiger partial charge >= 0.3 is 21.3 Å². The van der Waals surface area contributed by atoms with Crippen LogP contribution >= 0.6 is 52.7 Å². The summed E-state index contributed by atoms with van der Waals surface area (Å²) in [6, 6.07) is 0. The molecule has 0 saturated carbocycles. The van der Waals surface area contributed by atoms with Crippen molar-refractivity contribution in [1.82, 2.24) is 117 Å². The zero-order chi connectivity index (χ0) is 98.1. The average molecular weight is 2160 g/mol. The molecule has 9 aliphatic heterocycles. The quantitative estimate of drug-likeness (QED) is 0.0418. The maximum Gasteiger partial charge on any atom is 0.472 e. The number of hydrogen-bond acceptors (Lipinski definition) is 57. The van der Waals surface area contributed by atoms with Gasteiger partial charge in [0.05, 0.1) is 83.3 Å². The molecule has 26 N–H and O–H groups in total. The van der Waals surface area contributed by atoms with Gasteiger partial charge < -0.3 is 157 Å². The van der Waals surface area contributed by atoms with Gasteiger partial charge in [-0.3, -0.25) is 109 Å². The summed E-state index contributed by atoms with van der Waals surface area (Å²) in [5.41, 5.74) is 25.6. The molecule has 12 unspecified atom stereocenters. The second-order valence-corrected chi connectivity index (χ2v) is 48.4. The van der Waals surface area contributed by atoms with Crippen LogP contribution in [0.4, 0.5) is 35.7 Å². The predicted molar refractivity (Wildman–Crippen MR) is 473 cm³/mol. The van der Waals surface area contributed by atoms with E-state index in [-0.39, 0.29) is 103 Å². The Bertz CT molecular complexity index is 6420. The van der Waals surface area contributed by atoms with Gasteiger partial charge in [-0.25, -0.2) is 39.0 Å². The molecule has 12 aromatic heterocycles. The molecular weight excluding hydrogens is 2100 g/mol. The summed E-state index contributed by atoms with van der Waals surface area (Å²) >= 11 is 30.4. The van der Waals surface area contributed by atoms with Crippen molar-refractivity contribution in [3.63, 3.8) is 0 Å². The molecule has 0 aliphatic carbocycles. The summed E-state index contributed by atoms with van der Waals surface area (Å²) in [4.78, 5) is 184. The number of H-pyrrole nitrogens is 6. The van der Waals surface area contributed by atoms with E-state index < -0.39 is 261 Å². The number of nitrogens with two attached hydrogens (primary N) is 6. The average Bonchev–Trinajstić information content (AvgIpc) is 1.62. The lowest BCUT2D eigenvalue weighted by atomic mass is 10.1. The Morgan fingerprint density at radius 2 is 0.558 bits per heavy atom. The fraction of sp³-hybridized carbons (Fsp3) is 0.500. The van der Waals surface area contributed by atoms with E-state index >= 15 is 0 Å². The maximum atomic E-state index is 13.4. The van der Waals surface area contributed by atoms with Crippen LogP contribution in [0, 0.1) is 0 Å². The highest BCUT2D eigenvalue weighted by Crippen LogP contribution is 2.60. The van der Waals surface area contributed by atoms with Crippen molar-refractivity contribution in [2.24, 2.45) is 0 Å². The minimum atomic E-state index is -5.06. The number of rotatable bonds is 6. The third-order valence-electron chi connectivity index (χ3n) is 22.1. The first-order valence-corrected chi connectivity index (χ1v) is 54.9. The summed E-state index contributed by atoms with van der Waals surface area (Å²) in [6.07, 6.45) is -27.6. The first-order chi connectivity index (χ1) is 65.1. The van der Waals surface area contributed by atoms with Crippen molar-refractivity contribution in [2.45, 2.75) is 147 Å². The maximum absolute atomic E-state index is 13.4. The Hall–Kier alpha value is -8.46. The number of ether oxygens (including phenoxy) is 6. The lowest BCUT2D eigenvalue weighted by Gasteiger charge is -2.36. The van der Waals surface area contributed by atoms with Crippen LogP contribution in [-0.2, 0) is 151 Å². The van der Waals surface area contributed by atoms with Crippen LogP contribution in [0.25, 0.3) is 67.0 Å². The van der Waals surface area contributed by atoms with Crippen LogP contribution in [0.15, 0.2) is 66.7 Å². The van der Waals surface area contributed by atoms with Gasteiger partial charge in [-0.15, -0.1) is 0 Å². The molecule has 12 aromatic rings. The molecule has 138 heavy (non-hydrogen) atoms. The number of nitrogens with zero attached hydrogens (tertiary/aromatic N) is 18. The molecule has 0 aromatic carbocycles. The van der Waals surface area contributed by atoms with Gasteiger partial charge in [0, 0.05) is 0 Å². The van der Waals surface area contributed by atoms with E-state index in [1.165, 1.54) is 30.9 Å². The first kappa shape index (κ1) is 98.3. The summed E-state index contributed by atoms with van der Waals surface area (Å²) in [7, 11) is -5.06. The standard InChI is InChI=1S/C20H24N10O13P2S.C20H24N10O12P2S2.C20H24N10O11P2S3/c21-19-25-13-7(15(33)27-19)23-3-29(13)17-9(31)11-6(41-17)2-39-45(37,46)43-12-5(1-38-44(35,36)42-11)40-18(10(12)32)30-4-24-8-14(30)26-20(22)28-16(8)34;21-19-25-13-7(15(33)27-19)23-3-29(13)17-9(31)11-5(39-17)1-37-43(35,45)42-12-6(2-38-44(36,46)41-11)40-18(10(12)32)30-4-24-8-14(30)26-20(22)28-16(8)34;21-19-25-13-7(15(33)27-19)23-3-29(13)17-9(31)11-6(39-17)2-37-43(45,46)41-12-5(1-36-42(35,44)40-11)38-18(10(12)32)30-4-24-8-14(30)26-20(22)28-16(8)34/h3-6,9-12,17-18,31-32H,1-2H2,(H,35,36)(H,37,46)(H3,21,25,27,33)(H3,22,26,28,34);3-6,9-12,17-18,31-32H,1-2H2,(H,35,45)(H,36,46)(H3,21,25,27,33)(H3,22,26,28,34);3-6,9-12,17-18,31-32H,1-2H2,(H,35,44)(H,45,46)(H3,21,25,27,33)(H3,22,26,28,34)/p-3/t5-,6-,9?,10+,11+,12?,17-,18-,45?;5-,6-,9+,10?,11?,12+,17-,18-,43?,44?;5-,6-,9?,10+,11+,12?,17-,18-,42?/m111/s1. The highest BCUT2D eigenvalue weighted by molar-refractivity contribution is 8.51. The Labute approximate surface area is 790 Å². The number of anilines is 6. The summed E-state index contributed by atoms with van der Waals surface area (Å²) in [5.74, 6) is -1.38. The molecule has 21 rings (SSSR count). The van der Waals surface area contributed by atoms with Crippen molar-refractivity contribution in [3.8, 4) is 0 Å². The van der Waals surface area contributed by atoms with E-state index in [0.29, 0.717) is 0 Å². The first-order valence-electron chi connectivity index (χ1n) is 39.4. The number of aliphatic hydroxyl groups excluding tert-OH is 6. The van der Waals surface area contributed by atoms with E-state index in [1.54, 1.807) is 0 Å². The number of hydrogen-bond donors (Lipinski definition) is 21. The van der Waals surface area contributed by atoms with Crippen molar-refractivity contribution >= 4 is 215 Å². The summed E-state index contributed by atoms with van der Waals surface area (Å²) < 4.78 is 136. The highest BCUT2D eigenvalue weighted by atomic mass is 32.9. The number of aromatic nitrogens is 24. The summed E-state index contributed by atoms with van der Waals surface area (Å²) in [6.45, 7) is -21.3. The second kappa shape index (κ2) is 37.1. The Kier molecular flexibility index (Phi) is 26.4. The number of aliphatic hydroxyl groups is 6. The fourth-order valence-corrected chi connectivity index (χ4v) is 24.8. The Morgan fingerprint density at radius 3 is 0.833 bits per heavy atom. The van der Waals surface area contributed by atoms with Crippen LogP contribution < -0.4 is 77.5 Å². The zero-order valence-electron chi connectivity index (χ0n) is 68.3. The zero-order valence-corrected chi connectivity index (χ0v) is 78.6. The number of phosphoric acid groups is 1. The van der Waals surface area contributed by atoms with E-state index in [2.05, 4.69) is 102 Å². The van der Waals surface area contributed by atoms with Crippen LogP contribution in [0.5, 0.6) is 0 Å². The van der Waals surface area contributed by atoms with E-state index in [4.69, 9.17) is 177 Å². The van der Waals surface area contributed by atoms with Crippen molar-refractivity contribution in [1.29, 1.82) is 0 Å². The lowest BCUT2D eigenvalue weighted by Crippen LogP contribution is -2.40. The van der Waals surface area contributed by atoms with E-state index in [1.807, 2.05) is 0 Å². The van der Waals surface area contributed by atoms with E-state index in [9.17, 15) is 88.1 Å². The largest absolute Gasteiger partial charge is 0.780 e. The van der Waals surface area contributed by atoms with Crippen LogP contribution in [0.2, 0.25) is 0 Å². The second-order valence-electron chi connectivity index (χ2n) is 30.9. The van der Waals surface area contributed by atoms with Gasteiger partial charge in [0.15, 0.2) is 104 Å². The van der Waals surface area contributed by atoms with Gasteiger partial charge in [0.25, 0.3) is 33.4 Å². The fourth-order valence-electron chi connectivity index (χ4n) is 16.1. The molecule has 0 spiro atoms. The van der Waals surface area contributed by atoms with Crippen LogP contribution in [-0.4, -0.2) is 307 Å². The molecule has 0 radical (unpaired) electrons. The highest BCUT2D eigenvalue weighted by Gasteiger charge is 2.58. The number of fused-ring (bicyclic) bond motifs is 12. The number of imidazole rings is 6. The molecule has 21 heterocycles. The van der Waals surface area contributed by atoms with Crippen molar-refractivity contribution in [3.05, 3.63) is 100 Å². The van der Waals surface area contributed by atoms with E-state index in [0.717, 1.165) is 34.4 Å². The smallest absolute Gasteiger partial charge is 0.472 e. The predicted octanol–water partition coefficient (Wildman–Crippen LogP) is -8.45.